The molecule has 1 aromatic carbocycles. The maximum atomic E-state index is 11.9. The molecule has 1 aromatic rings. The number of fused-ring (bicyclic) bond motifs is 1. The molecule has 0 radical (unpaired) electrons. The Kier molecular flexibility index (Phi) is 3.40. The summed E-state index contributed by atoms with van der Waals surface area (Å²) in [7, 11) is 1.31. The number of methoxy groups -OCH3 is 1. The number of esters is 1. The zero-order valence-corrected chi connectivity index (χ0v) is 10.6. The van der Waals surface area contributed by atoms with Gasteiger partial charge in [-0.05, 0) is 24.1 Å². The van der Waals surface area contributed by atoms with Crippen LogP contribution < -0.4 is 0 Å². The Labute approximate surface area is 109 Å². The molecular weight excluding hydrogens is 263 g/mol. The quantitative estimate of drug-likeness (QED) is 0.739. The predicted octanol–water partition coefficient (Wildman–Crippen LogP) is 2.91. The smallest absolute Gasteiger partial charge is 0.309 e. The van der Waals surface area contributed by atoms with Crippen molar-refractivity contribution < 1.29 is 14.3 Å². The Bertz CT molecular complexity index is 497. The third kappa shape index (κ3) is 2.31. The minimum absolute atomic E-state index is 0.136. The highest BCUT2D eigenvalue weighted by molar-refractivity contribution is 6.37. The van der Waals surface area contributed by atoms with Gasteiger partial charge < -0.3 is 4.74 Å². The minimum atomic E-state index is -0.436. The second kappa shape index (κ2) is 4.67. The first-order chi connectivity index (χ1) is 8.02. The predicted molar refractivity (Wildman–Crippen MR) is 64.6 cm³/mol. The van der Waals surface area contributed by atoms with Crippen LogP contribution in [0.4, 0.5) is 0 Å². The molecule has 0 N–H and O–H groups in total. The molecule has 90 valence electrons. The van der Waals surface area contributed by atoms with Crippen molar-refractivity contribution in [2.45, 2.75) is 12.8 Å². The molecule has 1 aliphatic rings. The van der Waals surface area contributed by atoms with Crippen LogP contribution in [-0.2, 0) is 16.0 Å². The zero-order chi connectivity index (χ0) is 12.6. The van der Waals surface area contributed by atoms with Crippen LogP contribution in [0.5, 0.6) is 0 Å². The van der Waals surface area contributed by atoms with Gasteiger partial charge in [-0.2, -0.15) is 0 Å². The summed E-state index contributed by atoms with van der Waals surface area (Å²) in [5.41, 5.74) is 1.20. The molecule has 0 fully saturated rings. The van der Waals surface area contributed by atoms with Crippen molar-refractivity contribution in [1.82, 2.24) is 0 Å². The van der Waals surface area contributed by atoms with Gasteiger partial charge in [0.05, 0.1) is 18.1 Å². The SMILES string of the molecule is COC(=O)C1CC(=O)c2c(Cl)cc(Cl)cc2C1. The minimum Gasteiger partial charge on any atom is -0.469 e. The van der Waals surface area contributed by atoms with Crippen molar-refractivity contribution in [3.05, 3.63) is 33.3 Å². The first kappa shape index (κ1) is 12.4. The van der Waals surface area contributed by atoms with Crippen LogP contribution in [0.2, 0.25) is 10.0 Å². The van der Waals surface area contributed by atoms with E-state index < -0.39 is 5.92 Å². The molecule has 1 unspecified atom stereocenters. The summed E-state index contributed by atoms with van der Waals surface area (Å²) in [5.74, 6) is -0.946. The van der Waals surface area contributed by atoms with Crippen molar-refractivity contribution in [2.24, 2.45) is 5.92 Å². The van der Waals surface area contributed by atoms with E-state index in [4.69, 9.17) is 23.2 Å². The van der Waals surface area contributed by atoms with E-state index in [1.807, 2.05) is 0 Å². The monoisotopic (exact) mass is 272 g/mol. The van der Waals surface area contributed by atoms with E-state index in [2.05, 4.69) is 4.74 Å². The number of Topliss-reactive ketones (excluding diaryl/α,β-unsaturated/α-hetero) is 1. The van der Waals surface area contributed by atoms with Crippen LogP contribution >= 0.6 is 23.2 Å². The fourth-order valence-electron chi connectivity index (χ4n) is 2.10. The lowest BCUT2D eigenvalue weighted by Gasteiger charge is -2.22. The van der Waals surface area contributed by atoms with Gasteiger partial charge in [0.15, 0.2) is 5.78 Å². The molecule has 0 saturated heterocycles. The van der Waals surface area contributed by atoms with E-state index >= 15 is 0 Å². The number of hydrogen-bond acceptors (Lipinski definition) is 3. The van der Waals surface area contributed by atoms with Crippen molar-refractivity contribution in [3.63, 3.8) is 0 Å². The Hall–Kier alpha value is -1.06. The topological polar surface area (TPSA) is 43.4 Å². The third-order valence-corrected chi connectivity index (χ3v) is 3.36. The number of carbonyl (C=O) groups is 2. The number of rotatable bonds is 1. The maximum absolute atomic E-state index is 11.9. The zero-order valence-electron chi connectivity index (χ0n) is 9.13. The summed E-state index contributed by atoms with van der Waals surface area (Å²) < 4.78 is 4.66. The van der Waals surface area contributed by atoms with Crippen molar-refractivity contribution in [3.8, 4) is 0 Å². The number of ketones is 1. The van der Waals surface area contributed by atoms with Crippen molar-refractivity contribution >= 4 is 35.0 Å². The van der Waals surface area contributed by atoms with Crippen LogP contribution in [0.25, 0.3) is 0 Å². The van der Waals surface area contributed by atoms with Crippen LogP contribution in [0.3, 0.4) is 0 Å². The summed E-state index contributed by atoms with van der Waals surface area (Å²) in [6.45, 7) is 0. The molecule has 0 aromatic heterocycles. The first-order valence-electron chi connectivity index (χ1n) is 5.12. The van der Waals surface area contributed by atoms with Crippen LogP contribution in [-0.4, -0.2) is 18.9 Å². The standard InChI is InChI=1S/C12H10Cl2O3/c1-17-12(16)7-2-6-3-8(13)5-9(14)11(6)10(15)4-7/h3,5,7H,2,4H2,1H3. The number of benzene rings is 1. The lowest BCUT2D eigenvalue weighted by molar-refractivity contribution is -0.145. The summed E-state index contributed by atoms with van der Waals surface area (Å²) in [5, 5.41) is 0.813. The summed E-state index contributed by atoms with van der Waals surface area (Å²) in [6, 6.07) is 3.22. The van der Waals surface area contributed by atoms with E-state index in [1.165, 1.54) is 13.2 Å². The van der Waals surface area contributed by atoms with Crippen LogP contribution in [0.1, 0.15) is 22.3 Å². The highest BCUT2D eigenvalue weighted by Gasteiger charge is 2.32. The van der Waals surface area contributed by atoms with E-state index in [0.29, 0.717) is 27.6 Å². The number of ether oxygens (including phenoxy) is 1. The summed E-state index contributed by atoms with van der Waals surface area (Å²) >= 11 is 11.9. The molecule has 0 amide bonds. The van der Waals surface area contributed by atoms with E-state index in [-0.39, 0.29) is 18.2 Å². The van der Waals surface area contributed by atoms with Crippen LogP contribution in [0, 0.1) is 5.92 Å². The van der Waals surface area contributed by atoms with Crippen molar-refractivity contribution in [2.75, 3.05) is 7.11 Å². The van der Waals surface area contributed by atoms with E-state index in [9.17, 15) is 9.59 Å². The average Bonchev–Trinajstić information content (AvgIpc) is 2.26. The average molecular weight is 273 g/mol. The second-order valence-corrected chi connectivity index (χ2v) is 4.82. The molecule has 5 heteroatoms. The summed E-state index contributed by atoms with van der Waals surface area (Å²) in [6.07, 6.45) is 0.578. The van der Waals surface area contributed by atoms with Gasteiger partial charge in [0.25, 0.3) is 0 Å². The fourth-order valence-corrected chi connectivity index (χ4v) is 2.74. The molecular formula is C12H10Cl2O3. The molecule has 1 aliphatic carbocycles. The van der Waals surface area contributed by atoms with Gasteiger partial charge in [-0.15, -0.1) is 0 Å². The Morgan fingerprint density at radius 2 is 2.06 bits per heavy atom. The van der Waals surface area contributed by atoms with E-state index in [0.717, 1.165) is 0 Å². The lowest BCUT2D eigenvalue weighted by atomic mass is 9.83. The van der Waals surface area contributed by atoms with Gasteiger partial charge in [-0.1, -0.05) is 23.2 Å². The van der Waals surface area contributed by atoms with Gasteiger partial charge in [0, 0.05) is 17.0 Å². The molecule has 0 bridgehead atoms. The van der Waals surface area contributed by atoms with Crippen molar-refractivity contribution in [1.29, 1.82) is 0 Å². The molecule has 0 heterocycles. The lowest BCUT2D eigenvalue weighted by Crippen LogP contribution is -2.27. The highest BCUT2D eigenvalue weighted by atomic mass is 35.5. The van der Waals surface area contributed by atoms with Gasteiger partial charge in [-0.3, -0.25) is 9.59 Å². The Morgan fingerprint density at radius 1 is 1.35 bits per heavy atom. The van der Waals surface area contributed by atoms with Crippen LogP contribution in [0.15, 0.2) is 12.1 Å². The Balaban J connectivity index is 2.43. The fraction of sp³-hybridized carbons (Fsp3) is 0.333. The normalized spacial score (nSPS) is 18.8. The molecule has 1 atom stereocenters. The van der Waals surface area contributed by atoms with Gasteiger partial charge in [-0.25, -0.2) is 0 Å². The molecule has 0 spiro atoms. The number of halogens is 2. The summed E-state index contributed by atoms with van der Waals surface area (Å²) in [4.78, 5) is 23.4. The number of carbonyl (C=O) groups excluding carboxylic acids is 2. The van der Waals surface area contributed by atoms with Gasteiger partial charge in [0.1, 0.15) is 0 Å². The first-order valence-corrected chi connectivity index (χ1v) is 5.87. The Morgan fingerprint density at radius 3 is 2.71 bits per heavy atom. The van der Waals surface area contributed by atoms with Gasteiger partial charge in [0.2, 0.25) is 0 Å². The molecule has 0 aliphatic heterocycles. The number of hydrogen-bond donors (Lipinski definition) is 0. The van der Waals surface area contributed by atoms with E-state index in [1.54, 1.807) is 6.07 Å². The molecule has 0 saturated carbocycles. The highest BCUT2D eigenvalue weighted by Crippen LogP contribution is 2.33. The third-order valence-electron chi connectivity index (χ3n) is 2.85. The molecule has 17 heavy (non-hydrogen) atoms. The molecule has 2 rings (SSSR count). The second-order valence-electron chi connectivity index (χ2n) is 3.97. The maximum Gasteiger partial charge on any atom is 0.309 e. The van der Waals surface area contributed by atoms with Gasteiger partial charge >= 0.3 is 5.97 Å². The molecule has 3 nitrogen and oxygen atoms in total. The largest absolute Gasteiger partial charge is 0.469 e.